The number of hydrogen-bond donors (Lipinski definition) is 1. The van der Waals surface area contributed by atoms with Crippen LogP contribution < -0.4 is 0 Å². The average Bonchev–Trinajstić information content (AvgIpc) is 2.96. The first-order valence-corrected chi connectivity index (χ1v) is 5.40. The number of aryl methyl sites for hydroxylation is 2. The zero-order valence-electron chi connectivity index (χ0n) is 8.96. The van der Waals surface area contributed by atoms with Crippen LogP contribution >= 0.6 is 0 Å². The molecule has 1 aliphatic rings. The maximum Gasteiger partial charge on any atom is 0.0502 e. The van der Waals surface area contributed by atoms with Crippen LogP contribution in [0.4, 0.5) is 0 Å². The maximum absolute atomic E-state index is 9.41. The Morgan fingerprint density at radius 1 is 1.36 bits per heavy atom. The quantitative estimate of drug-likeness (QED) is 0.777. The van der Waals surface area contributed by atoms with E-state index in [1.165, 1.54) is 29.5 Å². The molecule has 1 aliphatic carbocycles. The zero-order valence-corrected chi connectivity index (χ0v) is 8.96. The van der Waals surface area contributed by atoms with E-state index in [0.717, 1.165) is 5.92 Å². The summed E-state index contributed by atoms with van der Waals surface area (Å²) >= 11 is 0. The van der Waals surface area contributed by atoms with E-state index in [1.54, 1.807) is 0 Å². The van der Waals surface area contributed by atoms with Gasteiger partial charge in [-0.05, 0) is 43.7 Å². The topological polar surface area (TPSA) is 20.2 Å². The van der Waals surface area contributed by atoms with Gasteiger partial charge in [0.15, 0.2) is 0 Å². The Morgan fingerprint density at radius 3 is 2.64 bits per heavy atom. The van der Waals surface area contributed by atoms with Gasteiger partial charge in [0.1, 0.15) is 0 Å². The van der Waals surface area contributed by atoms with E-state index in [0.29, 0.717) is 12.5 Å². The van der Waals surface area contributed by atoms with Crippen molar-refractivity contribution in [3.05, 3.63) is 34.9 Å². The fourth-order valence-corrected chi connectivity index (χ4v) is 2.16. The van der Waals surface area contributed by atoms with E-state index < -0.39 is 0 Å². The smallest absolute Gasteiger partial charge is 0.0502 e. The van der Waals surface area contributed by atoms with Gasteiger partial charge in [-0.3, -0.25) is 0 Å². The predicted octanol–water partition coefficient (Wildman–Crippen LogP) is 2.79. The summed E-state index contributed by atoms with van der Waals surface area (Å²) in [4.78, 5) is 0. The molecule has 2 rings (SSSR count). The lowest BCUT2D eigenvalue weighted by atomic mass is 9.90. The van der Waals surface area contributed by atoms with Crippen LogP contribution in [0.2, 0.25) is 0 Å². The Labute approximate surface area is 85.8 Å². The molecule has 1 aromatic carbocycles. The molecule has 0 heterocycles. The van der Waals surface area contributed by atoms with Gasteiger partial charge in [0.25, 0.3) is 0 Å². The molecule has 0 saturated heterocycles. The summed E-state index contributed by atoms with van der Waals surface area (Å²) in [6.45, 7) is 4.55. The molecule has 1 unspecified atom stereocenters. The second-order valence-electron chi connectivity index (χ2n) is 4.49. The molecule has 0 spiro atoms. The minimum absolute atomic E-state index is 0.301. The number of aliphatic hydroxyl groups excluding tert-OH is 1. The lowest BCUT2D eigenvalue weighted by molar-refractivity contribution is 0.252. The van der Waals surface area contributed by atoms with Gasteiger partial charge in [-0.25, -0.2) is 0 Å². The number of aliphatic hydroxyl groups is 1. The molecule has 0 aromatic heterocycles. The molecular weight excluding hydrogens is 172 g/mol. The third kappa shape index (κ3) is 1.83. The largest absolute Gasteiger partial charge is 0.396 e. The zero-order chi connectivity index (χ0) is 10.1. The molecule has 0 bridgehead atoms. The van der Waals surface area contributed by atoms with E-state index in [2.05, 4.69) is 32.0 Å². The molecule has 1 fully saturated rings. The van der Waals surface area contributed by atoms with Crippen molar-refractivity contribution in [3.63, 3.8) is 0 Å². The van der Waals surface area contributed by atoms with Gasteiger partial charge in [-0.2, -0.15) is 0 Å². The lowest BCUT2D eigenvalue weighted by Crippen LogP contribution is -2.08. The van der Waals surface area contributed by atoms with E-state index >= 15 is 0 Å². The fourth-order valence-electron chi connectivity index (χ4n) is 2.16. The average molecular weight is 190 g/mol. The molecule has 14 heavy (non-hydrogen) atoms. The van der Waals surface area contributed by atoms with Gasteiger partial charge in [-0.1, -0.05) is 23.8 Å². The molecule has 1 nitrogen and oxygen atoms in total. The molecule has 1 atom stereocenters. The summed E-state index contributed by atoms with van der Waals surface area (Å²) in [5, 5.41) is 9.41. The Morgan fingerprint density at radius 2 is 2.07 bits per heavy atom. The summed E-state index contributed by atoms with van der Waals surface area (Å²) in [6, 6.07) is 6.53. The maximum atomic E-state index is 9.41. The monoisotopic (exact) mass is 190 g/mol. The fraction of sp³-hybridized carbons (Fsp3) is 0.538. The van der Waals surface area contributed by atoms with Crippen molar-refractivity contribution in [2.45, 2.75) is 32.6 Å². The molecule has 0 aliphatic heterocycles. The SMILES string of the molecule is Cc1ccc(C)c(C(CO)C2CC2)c1. The minimum Gasteiger partial charge on any atom is -0.396 e. The molecule has 0 radical (unpaired) electrons. The van der Waals surface area contributed by atoms with Gasteiger partial charge in [0.05, 0.1) is 6.61 Å². The molecule has 1 saturated carbocycles. The third-order valence-electron chi connectivity index (χ3n) is 3.22. The molecule has 76 valence electrons. The van der Waals surface area contributed by atoms with Crippen molar-refractivity contribution in [1.82, 2.24) is 0 Å². The molecule has 0 amide bonds. The van der Waals surface area contributed by atoms with Gasteiger partial charge < -0.3 is 5.11 Å². The number of hydrogen-bond acceptors (Lipinski definition) is 1. The highest BCUT2D eigenvalue weighted by atomic mass is 16.3. The standard InChI is InChI=1S/C13H18O/c1-9-3-4-10(2)12(7-9)13(8-14)11-5-6-11/h3-4,7,11,13-14H,5-6,8H2,1-2H3. The van der Waals surface area contributed by atoms with Gasteiger partial charge >= 0.3 is 0 Å². The summed E-state index contributed by atoms with van der Waals surface area (Å²) in [5.41, 5.74) is 3.97. The Hall–Kier alpha value is -0.820. The Balaban J connectivity index is 2.32. The molecule has 1 heteroatoms. The minimum atomic E-state index is 0.301. The number of benzene rings is 1. The summed E-state index contributed by atoms with van der Waals surface area (Å²) < 4.78 is 0. The van der Waals surface area contributed by atoms with Crippen LogP contribution in [0.3, 0.4) is 0 Å². The highest BCUT2D eigenvalue weighted by molar-refractivity contribution is 5.34. The van der Waals surface area contributed by atoms with Crippen molar-refractivity contribution in [1.29, 1.82) is 0 Å². The first-order chi connectivity index (χ1) is 6.72. The van der Waals surface area contributed by atoms with Crippen LogP contribution in [0.15, 0.2) is 18.2 Å². The van der Waals surface area contributed by atoms with Gasteiger partial charge in [-0.15, -0.1) is 0 Å². The predicted molar refractivity (Wildman–Crippen MR) is 58.5 cm³/mol. The van der Waals surface area contributed by atoms with Crippen LogP contribution in [-0.2, 0) is 0 Å². The van der Waals surface area contributed by atoms with Gasteiger partial charge in [0, 0.05) is 5.92 Å². The van der Waals surface area contributed by atoms with Crippen LogP contribution in [-0.4, -0.2) is 11.7 Å². The highest BCUT2D eigenvalue weighted by Crippen LogP contribution is 2.43. The Bertz CT molecular complexity index is 326. The molecule has 1 N–H and O–H groups in total. The normalized spacial score (nSPS) is 18.2. The van der Waals surface area contributed by atoms with Crippen molar-refractivity contribution < 1.29 is 5.11 Å². The lowest BCUT2D eigenvalue weighted by Gasteiger charge is -2.16. The van der Waals surface area contributed by atoms with Crippen molar-refractivity contribution >= 4 is 0 Å². The molecule has 1 aromatic rings. The van der Waals surface area contributed by atoms with Crippen molar-refractivity contribution in [2.75, 3.05) is 6.61 Å². The highest BCUT2D eigenvalue weighted by Gasteiger charge is 2.32. The van der Waals surface area contributed by atoms with E-state index in [9.17, 15) is 5.11 Å². The second-order valence-corrected chi connectivity index (χ2v) is 4.49. The molecular formula is C13H18O. The van der Waals surface area contributed by atoms with Gasteiger partial charge in [0.2, 0.25) is 0 Å². The van der Waals surface area contributed by atoms with E-state index in [-0.39, 0.29) is 0 Å². The van der Waals surface area contributed by atoms with Crippen LogP contribution in [0.5, 0.6) is 0 Å². The summed E-state index contributed by atoms with van der Waals surface area (Å²) in [6.07, 6.45) is 2.58. The van der Waals surface area contributed by atoms with Crippen LogP contribution in [0, 0.1) is 19.8 Å². The third-order valence-corrected chi connectivity index (χ3v) is 3.22. The van der Waals surface area contributed by atoms with Crippen LogP contribution in [0.25, 0.3) is 0 Å². The summed E-state index contributed by atoms with van der Waals surface area (Å²) in [7, 11) is 0. The van der Waals surface area contributed by atoms with E-state index in [4.69, 9.17) is 0 Å². The number of rotatable bonds is 3. The van der Waals surface area contributed by atoms with Crippen molar-refractivity contribution in [2.24, 2.45) is 5.92 Å². The van der Waals surface area contributed by atoms with Crippen molar-refractivity contribution in [3.8, 4) is 0 Å². The van der Waals surface area contributed by atoms with E-state index in [1.807, 2.05) is 0 Å². The second kappa shape index (κ2) is 3.74. The summed E-state index contributed by atoms with van der Waals surface area (Å²) in [5.74, 6) is 1.12. The first-order valence-electron chi connectivity index (χ1n) is 5.40. The Kier molecular flexibility index (Phi) is 2.60. The first kappa shape index (κ1) is 9.72. The van der Waals surface area contributed by atoms with Crippen LogP contribution in [0.1, 0.15) is 35.4 Å².